The molecule has 0 spiro atoms. The van der Waals surface area contributed by atoms with Crippen molar-refractivity contribution in [1.29, 1.82) is 0 Å². The molecule has 1 aromatic rings. The molecule has 6 heteroatoms. The zero-order chi connectivity index (χ0) is 13.7. The van der Waals surface area contributed by atoms with Gasteiger partial charge in [0.1, 0.15) is 0 Å². The maximum atomic E-state index is 11.7. The minimum atomic E-state index is -1.56. The van der Waals surface area contributed by atoms with Crippen LogP contribution >= 0.6 is 27.7 Å². The van der Waals surface area contributed by atoms with Crippen molar-refractivity contribution < 1.29 is 19.8 Å². The van der Waals surface area contributed by atoms with Crippen LogP contribution in [0.25, 0.3) is 0 Å². The first-order valence-corrected chi connectivity index (χ1v) is 7.53. The summed E-state index contributed by atoms with van der Waals surface area (Å²) in [5, 5.41) is 18.9. The Morgan fingerprint density at radius 2 is 2.11 bits per heavy atom. The Hall–Kier alpha value is -0.850. The number of aliphatic hydroxyl groups is 1. The number of carbonyl (C=O) groups is 2. The fourth-order valence-electron chi connectivity index (χ4n) is 1.47. The second-order valence-electron chi connectivity index (χ2n) is 3.56. The van der Waals surface area contributed by atoms with Crippen LogP contribution in [0.5, 0.6) is 0 Å². The predicted molar refractivity (Wildman–Crippen MR) is 73.6 cm³/mol. The molecule has 0 aliphatic carbocycles. The first-order valence-electron chi connectivity index (χ1n) is 5.19. The van der Waals surface area contributed by atoms with Crippen molar-refractivity contribution in [2.24, 2.45) is 0 Å². The second-order valence-corrected chi connectivity index (χ2v) is 5.20. The molecule has 0 bridgehead atoms. The maximum Gasteiger partial charge on any atom is 0.337 e. The minimum absolute atomic E-state index is 0.0152. The van der Waals surface area contributed by atoms with Crippen molar-refractivity contribution in [2.75, 3.05) is 11.6 Å². The molecule has 0 fully saturated rings. The zero-order valence-electron chi connectivity index (χ0n) is 9.72. The number of Topliss-reactive ketones (excluding diaryl/α,β-unsaturated/α-hetero) is 1. The van der Waals surface area contributed by atoms with Crippen molar-refractivity contribution in [3.8, 4) is 0 Å². The number of ketones is 1. The first kappa shape index (κ1) is 15.2. The van der Waals surface area contributed by atoms with Crippen molar-refractivity contribution >= 4 is 39.4 Å². The molecule has 18 heavy (non-hydrogen) atoms. The van der Waals surface area contributed by atoms with Crippen LogP contribution in [0.3, 0.4) is 0 Å². The number of hydrogen-bond donors (Lipinski definition) is 2. The first-order chi connectivity index (χ1) is 8.51. The van der Waals surface area contributed by atoms with Gasteiger partial charge in [-0.05, 0) is 12.3 Å². The van der Waals surface area contributed by atoms with E-state index >= 15 is 0 Å². The van der Waals surface area contributed by atoms with Gasteiger partial charge in [-0.3, -0.25) is 4.79 Å². The van der Waals surface area contributed by atoms with Crippen LogP contribution in [0.15, 0.2) is 23.1 Å². The topological polar surface area (TPSA) is 74.6 Å². The minimum Gasteiger partial charge on any atom is -0.479 e. The summed E-state index contributed by atoms with van der Waals surface area (Å²) in [5.74, 6) is -1.32. The second kappa shape index (κ2) is 6.92. The van der Waals surface area contributed by atoms with Crippen LogP contribution in [0.1, 0.15) is 28.4 Å². The summed E-state index contributed by atoms with van der Waals surface area (Å²) in [6, 6.07) is 4.66. The highest BCUT2D eigenvalue weighted by atomic mass is 79.9. The Labute approximate surface area is 118 Å². The van der Waals surface area contributed by atoms with Gasteiger partial charge in [0.25, 0.3) is 0 Å². The number of rotatable bonds is 6. The summed E-state index contributed by atoms with van der Waals surface area (Å²) < 4.78 is 0. The molecule has 0 saturated heterocycles. The molecule has 0 heterocycles. The number of alkyl halides is 1. The highest BCUT2D eigenvalue weighted by Crippen LogP contribution is 2.28. The van der Waals surface area contributed by atoms with E-state index in [1.165, 1.54) is 17.8 Å². The van der Waals surface area contributed by atoms with Crippen molar-refractivity contribution in [3.05, 3.63) is 29.3 Å². The SMILES string of the molecule is CSc1cc(C(=O)CCBr)ccc1C(O)C(=O)O. The number of carbonyl (C=O) groups excluding carboxylic acids is 1. The van der Waals surface area contributed by atoms with Crippen LogP contribution in [0.2, 0.25) is 0 Å². The van der Waals surface area contributed by atoms with Gasteiger partial charge in [0, 0.05) is 27.8 Å². The average molecular weight is 333 g/mol. The number of carboxylic acids is 1. The maximum absolute atomic E-state index is 11.7. The van der Waals surface area contributed by atoms with Gasteiger partial charge in [0.15, 0.2) is 11.9 Å². The van der Waals surface area contributed by atoms with Crippen molar-refractivity contribution in [1.82, 2.24) is 0 Å². The lowest BCUT2D eigenvalue weighted by Crippen LogP contribution is -2.12. The highest BCUT2D eigenvalue weighted by molar-refractivity contribution is 9.09. The Balaban J connectivity index is 3.11. The van der Waals surface area contributed by atoms with Crippen LogP contribution < -0.4 is 0 Å². The van der Waals surface area contributed by atoms with E-state index in [2.05, 4.69) is 15.9 Å². The van der Waals surface area contributed by atoms with Crippen LogP contribution in [0, 0.1) is 0 Å². The predicted octanol–water partition coefficient (Wildman–Crippen LogP) is 2.49. The number of carboxylic acid groups (broad SMARTS) is 1. The summed E-state index contributed by atoms with van der Waals surface area (Å²) in [5.41, 5.74) is 0.838. The van der Waals surface area contributed by atoms with Gasteiger partial charge in [-0.15, -0.1) is 11.8 Å². The summed E-state index contributed by atoms with van der Waals surface area (Å²) in [6.45, 7) is 0. The van der Waals surface area contributed by atoms with E-state index in [9.17, 15) is 14.7 Å². The van der Waals surface area contributed by atoms with Crippen molar-refractivity contribution in [3.63, 3.8) is 0 Å². The summed E-state index contributed by atoms with van der Waals surface area (Å²) in [7, 11) is 0. The normalized spacial score (nSPS) is 12.2. The standard InChI is InChI=1S/C12H13BrO4S/c1-18-10-6-7(9(14)4-5-13)2-3-8(10)11(15)12(16)17/h2-3,6,11,15H,4-5H2,1H3,(H,16,17). The quantitative estimate of drug-likeness (QED) is 0.475. The third kappa shape index (κ3) is 3.57. The molecule has 0 aromatic heterocycles. The van der Waals surface area contributed by atoms with Gasteiger partial charge in [0.2, 0.25) is 0 Å². The van der Waals surface area contributed by atoms with E-state index in [1.807, 2.05) is 0 Å². The van der Waals surface area contributed by atoms with Gasteiger partial charge in [-0.25, -0.2) is 4.79 Å². The zero-order valence-corrected chi connectivity index (χ0v) is 12.1. The summed E-state index contributed by atoms with van der Waals surface area (Å²) >= 11 is 4.50. The molecule has 0 amide bonds. The van der Waals surface area contributed by atoms with Gasteiger partial charge in [0.05, 0.1) is 0 Å². The number of halogens is 1. The summed E-state index contributed by atoms with van der Waals surface area (Å²) in [6.07, 6.45) is 0.591. The summed E-state index contributed by atoms with van der Waals surface area (Å²) in [4.78, 5) is 23.1. The molecule has 0 aliphatic rings. The van der Waals surface area contributed by atoms with Crippen LogP contribution in [-0.2, 0) is 4.79 Å². The number of thioether (sulfide) groups is 1. The molecule has 0 radical (unpaired) electrons. The molecule has 1 rings (SSSR count). The molecule has 1 aromatic carbocycles. The van der Waals surface area contributed by atoms with Crippen molar-refractivity contribution in [2.45, 2.75) is 17.4 Å². The molecule has 0 saturated carbocycles. The van der Waals surface area contributed by atoms with Gasteiger partial charge in [-0.1, -0.05) is 28.1 Å². The van der Waals surface area contributed by atoms with E-state index < -0.39 is 12.1 Å². The van der Waals surface area contributed by atoms with Crippen LogP contribution in [0.4, 0.5) is 0 Å². The molecule has 98 valence electrons. The average Bonchev–Trinajstić information content (AvgIpc) is 2.37. The van der Waals surface area contributed by atoms with Crippen LogP contribution in [-0.4, -0.2) is 33.6 Å². The lowest BCUT2D eigenvalue weighted by Gasteiger charge is -2.12. The fraction of sp³-hybridized carbons (Fsp3) is 0.333. The van der Waals surface area contributed by atoms with Gasteiger partial charge >= 0.3 is 5.97 Å². The molecular formula is C12H13BrO4S. The smallest absolute Gasteiger partial charge is 0.337 e. The lowest BCUT2D eigenvalue weighted by atomic mass is 10.0. The van der Waals surface area contributed by atoms with E-state index in [1.54, 1.807) is 18.4 Å². The van der Waals surface area contributed by atoms with E-state index in [-0.39, 0.29) is 5.78 Å². The molecule has 2 N–H and O–H groups in total. The Morgan fingerprint density at radius 1 is 1.44 bits per heavy atom. The number of aliphatic carboxylic acids is 1. The number of hydrogen-bond acceptors (Lipinski definition) is 4. The van der Waals surface area contributed by atoms with Gasteiger partial charge < -0.3 is 10.2 Å². The van der Waals surface area contributed by atoms with E-state index in [0.717, 1.165) is 0 Å². The van der Waals surface area contributed by atoms with E-state index in [0.29, 0.717) is 27.8 Å². The Morgan fingerprint density at radius 3 is 2.61 bits per heavy atom. The van der Waals surface area contributed by atoms with Gasteiger partial charge in [-0.2, -0.15) is 0 Å². The largest absolute Gasteiger partial charge is 0.479 e. The molecule has 1 atom stereocenters. The monoisotopic (exact) mass is 332 g/mol. The number of aliphatic hydroxyl groups excluding tert-OH is 1. The number of benzene rings is 1. The Bertz CT molecular complexity index is 461. The molecular weight excluding hydrogens is 320 g/mol. The highest BCUT2D eigenvalue weighted by Gasteiger charge is 2.20. The molecule has 4 nitrogen and oxygen atoms in total. The lowest BCUT2D eigenvalue weighted by molar-refractivity contribution is -0.147. The molecule has 1 unspecified atom stereocenters. The Kier molecular flexibility index (Phi) is 5.84. The molecule has 0 aliphatic heterocycles. The fourth-order valence-corrected chi connectivity index (χ4v) is 2.49. The third-order valence-electron chi connectivity index (χ3n) is 2.41. The third-order valence-corrected chi connectivity index (χ3v) is 3.60. The van der Waals surface area contributed by atoms with E-state index in [4.69, 9.17) is 5.11 Å².